The van der Waals surface area contributed by atoms with Gasteiger partial charge in [-0.15, -0.1) is 0 Å². The number of primary amides is 1. The maximum Gasteiger partial charge on any atom is 0.290 e. The van der Waals surface area contributed by atoms with Crippen LogP contribution in [-0.2, 0) is 14.4 Å². The third-order valence-corrected chi connectivity index (χ3v) is 5.20. The van der Waals surface area contributed by atoms with E-state index in [0.717, 1.165) is 0 Å². The summed E-state index contributed by atoms with van der Waals surface area (Å²) in [6.45, 7) is 0.741. The lowest BCUT2D eigenvalue weighted by atomic mass is 9.95. The van der Waals surface area contributed by atoms with Crippen LogP contribution in [0, 0.1) is 11.8 Å². The number of nitrogens with two attached hydrogens (primary N) is 1. The number of carbonyl (C=O) groups excluding carboxylic acids is 3. The molecule has 3 atom stereocenters. The molecule has 1 aliphatic heterocycles. The average Bonchev–Trinajstić information content (AvgIpc) is 3.09. The van der Waals surface area contributed by atoms with Crippen molar-refractivity contribution in [2.24, 2.45) is 17.6 Å². The van der Waals surface area contributed by atoms with E-state index in [1.807, 2.05) is 0 Å². The first-order chi connectivity index (χ1) is 13.9. The maximum atomic E-state index is 12.7. The molecule has 3 amide bonds. The molecule has 0 radical (unpaired) electrons. The van der Waals surface area contributed by atoms with E-state index in [9.17, 15) is 19.5 Å². The number of aromatic nitrogens is 2. The molecule has 1 saturated heterocycles. The molecule has 29 heavy (non-hydrogen) atoms. The van der Waals surface area contributed by atoms with Crippen molar-refractivity contribution in [2.75, 3.05) is 13.1 Å². The predicted octanol–water partition coefficient (Wildman–Crippen LogP) is -1.23. The molecular weight excluding hydrogens is 382 g/mol. The number of carboxylic acid groups (broad SMARTS) is 1. The smallest absolute Gasteiger partial charge is 0.290 e. The molecule has 2 heterocycles. The van der Waals surface area contributed by atoms with Crippen molar-refractivity contribution in [1.29, 1.82) is 0 Å². The Bertz CT molecular complexity index is 723. The molecule has 0 bridgehead atoms. The van der Waals surface area contributed by atoms with Crippen LogP contribution in [0.1, 0.15) is 36.2 Å². The van der Waals surface area contributed by atoms with Gasteiger partial charge in [-0.1, -0.05) is 0 Å². The molecular formula is C18H25N5O6. The lowest BCUT2D eigenvalue weighted by Gasteiger charge is -2.32. The highest BCUT2D eigenvalue weighted by Gasteiger charge is 2.40. The standard InChI is InChI=1S/C17H23N5O4.CH2O2/c18-15(24)10-1-5-22(6-2-10)17(26)11-7-12(14(23)8-11)21-16(25)13-9-19-3-4-20-13;2-1-3/h3-4,9-12,14,23H,1-2,5-8H2,(H2,18,24)(H,21,25);1H,(H,2,3)/t11-,12-,14-;/m0./s1. The summed E-state index contributed by atoms with van der Waals surface area (Å²) in [5.74, 6) is -1.30. The fourth-order valence-electron chi connectivity index (χ4n) is 3.67. The van der Waals surface area contributed by atoms with Crippen LogP contribution in [0.15, 0.2) is 18.6 Å². The van der Waals surface area contributed by atoms with Gasteiger partial charge in [-0.3, -0.25) is 24.2 Å². The summed E-state index contributed by atoms with van der Waals surface area (Å²) >= 11 is 0. The van der Waals surface area contributed by atoms with Gasteiger partial charge in [0.1, 0.15) is 5.69 Å². The van der Waals surface area contributed by atoms with Gasteiger partial charge in [0.05, 0.1) is 18.3 Å². The average molecular weight is 407 g/mol. The van der Waals surface area contributed by atoms with E-state index in [2.05, 4.69) is 15.3 Å². The number of nitrogens with zero attached hydrogens (tertiary/aromatic N) is 3. The zero-order valence-corrected chi connectivity index (χ0v) is 15.8. The van der Waals surface area contributed by atoms with Crippen LogP contribution >= 0.6 is 0 Å². The molecule has 0 spiro atoms. The molecule has 1 saturated carbocycles. The molecule has 5 N–H and O–H groups in total. The molecule has 1 aromatic heterocycles. The Morgan fingerprint density at radius 1 is 1.17 bits per heavy atom. The summed E-state index contributed by atoms with van der Waals surface area (Å²) in [5, 5.41) is 19.9. The number of hydrogen-bond acceptors (Lipinski definition) is 7. The minimum Gasteiger partial charge on any atom is -0.483 e. The molecule has 1 aliphatic carbocycles. The fourth-order valence-corrected chi connectivity index (χ4v) is 3.67. The zero-order chi connectivity index (χ0) is 21.4. The van der Waals surface area contributed by atoms with Gasteiger partial charge in [0, 0.05) is 37.3 Å². The number of aliphatic hydroxyl groups is 1. The second kappa shape index (κ2) is 10.5. The van der Waals surface area contributed by atoms with Crippen LogP contribution in [-0.4, -0.2) is 74.5 Å². The minimum atomic E-state index is -0.785. The summed E-state index contributed by atoms with van der Waals surface area (Å²) in [7, 11) is 0. The molecule has 11 heteroatoms. The Morgan fingerprint density at radius 2 is 1.83 bits per heavy atom. The van der Waals surface area contributed by atoms with Gasteiger partial charge in [0.15, 0.2) is 0 Å². The number of nitrogens with one attached hydrogen (secondary N) is 1. The summed E-state index contributed by atoms with van der Waals surface area (Å²) in [5.41, 5.74) is 5.49. The number of rotatable bonds is 4. The molecule has 2 fully saturated rings. The van der Waals surface area contributed by atoms with E-state index < -0.39 is 18.1 Å². The highest BCUT2D eigenvalue weighted by atomic mass is 16.3. The first kappa shape index (κ1) is 22.2. The number of likely N-dealkylation sites (tertiary alicyclic amines) is 1. The number of aliphatic hydroxyl groups excluding tert-OH is 1. The summed E-state index contributed by atoms with van der Waals surface area (Å²) < 4.78 is 0. The molecule has 1 aromatic rings. The topological polar surface area (TPSA) is 176 Å². The van der Waals surface area contributed by atoms with E-state index in [1.165, 1.54) is 18.6 Å². The molecule has 0 unspecified atom stereocenters. The van der Waals surface area contributed by atoms with Crippen LogP contribution in [0.25, 0.3) is 0 Å². The second-order valence-corrected chi connectivity index (χ2v) is 7.01. The Morgan fingerprint density at radius 3 is 2.38 bits per heavy atom. The van der Waals surface area contributed by atoms with E-state index in [4.69, 9.17) is 15.6 Å². The lowest BCUT2D eigenvalue weighted by molar-refractivity contribution is -0.138. The fraction of sp³-hybridized carbons (Fsp3) is 0.556. The third kappa shape index (κ3) is 5.95. The Balaban J connectivity index is 0.000000941. The van der Waals surface area contributed by atoms with Gasteiger partial charge >= 0.3 is 0 Å². The van der Waals surface area contributed by atoms with Gasteiger partial charge in [0.2, 0.25) is 11.8 Å². The molecule has 11 nitrogen and oxygen atoms in total. The van der Waals surface area contributed by atoms with Crippen LogP contribution in [0.4, 0.5) is 0 Å². The van der Waals surface area contributed by atoms with E-state index >= 15 is 0 Å². The minimum absolute atomic E-state index is 0.0387. The first-order valence-corrected chi connectivity index (χ1v) is 9.28. The summed E-state index contributed by atoms with van der Waals surface area (Å²) in [6, 6.07) is -0.499. The second-order valence-electron chi connectivity index (χ2n) is 7.01. The lowest BCUT2D eigenvalue weighted by Crippen LogP contribution is -2.44. The van der Waals surface area contributed by atoms with Crippen molar-refractivity contribution >= 4 is 24.2 Å². The van der Waals surface area contributed by atoms with Crippen LogP contribution in [0.5, 0.6) is 0 Å². The van der Waals surface area contributed by atoms with Crippen molar-refractivity contribution < 1.29 is 29.4 Å². The number of carbonyl (C=O) groups is 4. The van der Waals surface area contributed by atoms with E-state index in [1.54, 1.807) is 4.90 Å². The normalized spacial score (nSPS) is 24.2. The van der Waals surface area contributed by atoms with Crippen LogP contribution < -0.4 is 11.1 Å². The Labute approximate surface area is 167 Å². The Kier molecular flexibility index (Phi) is 8.01. The van der Waals surface area contributed by atoms with Crippen LogP contribution in [0.2, 0.25) is 0 Å². The van der Waals surface area contributed by atoms with Crippen molar-refractivity contribution in [3.8, 4) is 0 Å². The van der Waals surface area contributed by atoms with Gasteiger partial charge in [-0.25, -0.2) is 4.98 Å². The van der Waals surface area contributed by atoms with Crippen LogP contribution in [0.3, 0.4) is 0 Å². The van der Waals surface area contributed by atoms with Crippen molar-refractivity contribution in [2.45, 2.75) is 37.8 Å². The van der Waals surface area contributed by atoms with Crippen molar-refractivity contribution in [3.63, 3.8) is 0 Å². The highest BCUT2D eigenvalue weighted by Crippen LogP contribution is 2.29. The van der Waals surface area contributed by atoms with Gasteiger partial charge in [-0.05, 0) is 25.7 Å². The van der Waals surface area contributed by atoms with E-state index in [0.29, 0.717) is 38.8 Å². The highest BCUT2D eigenvalue weighted by molar-refractivity contribution is 5.92. The molecule has 3 rings (SSSR count). The van der Waals surface area contributed by atoms with Crippen molar-refractivity contribution in [3.05, 3.63) is 24.3 Å². The number of piperidine rings is 1. The molecule has 158 valence electrons. The first-order valence-electron chi connectivity index (χ1n) is 9.28. The quantitative estimate of drug-likeness (QED) is 0.448. The van der Waals surface area contributed by atoms with Gasteiger partial charge in [0.25, 0.3) is 12.4 Å². The Hall–Kier alpha value is -3.08. The van der Waals surface area contributed by atoms with Gasteiger partial charge < -0.3 is 26.2 Å². The summed E-state index contributed by atoms with van der Waals surface area (Å²) in [6.07, 6.45) is 5.28. The zero-order valence-electron chi connectivity index (χ0n) is 15.8. The predicted molar refractivity (Wildman–Crippen MR) is 99.2 cm³/mol. The summed E-state index contributed by atoms with van der Waals surface area (Å²) in [4.78, 5) is 53.9. The number of hydrogen-bond donors (Lipinski definition) is 4. The third-order valence-electron chi connectivity index (χ3n) is 5.20. The molecule has 0 aromatic carbocycles. The van der Waals surface area contributed by atoms with Crippen molar-refractivity contribution in [1.82, 2.24) is 20.2 Å². The molecule has 2 aliphatic rings. The SMILES string of the molecule is NC(=O)C1CCN(C(=O)[C@H]2C[C@H](NC(=O)c3cnccn3)[C@@H](O)C2)CC1.O=CO. The number of amides is 3. The monoisotopic (exact) mass is 407 g/mol. The van der Waals surface area contributed by atoms with E-state index in [-0.39, 0.29) is 35.8 Å². The van der Waals surface area contributed by atoms with Gasteiger partial charge in [-0.2, -0.15) is 0 Å². The largest absolute Gasteiger partial charge is 0.483 e. The maximum absolute atomic E-state index is 12.7.